The Balaban J connectivity index is 1.50. The Morgan fingerprint density at radius 2 is 1.76 bits per heavy atom. The van der Waals surface area contributed by atoms with E-state index < -0.39 is 5.92 Å². The Kier molecular flexibility index (Phi) is 5.47. The fourth-order valence-electron chi connectivity index (χ4n) is 3.94. The van der Waals surface area contributed by atoms with Crippen molar-refractivity contribution in [2.45, 2.75) is 12.5 Å². The van der Waals surface area contributed by atoms with Gasteiger partial charge in [-0.05, 0) is 41.5 Å². The standard InChI is InChI=1S/C26H19ClN4O2/c27-21-9-5-4-8-19(21)22-20(14-28)25(29)33-26-23(22)24(30-31-26)17-10-12-18(13-11-17)32-15-16-6-2-1-3-7-16/h1-13,22H,15,29H2,(H,30,31). The number of halogens is 1. The highest BCUT2D eigenvalue weighted by Crippen LogP contribution is 2.47. The molecule has 162 valence electrons. The largest absolute Gasteiger partial charge is 0.489 e. The van der Waals surface area contributed by atoms with Crippen LogP contribution in [-0.2, 0) is 6.61 Å². The first-order valence-corrected chi connectivity index (χ1v) is 10.7. The summed E-state index contributed by atoms with van der Waals surface area (Å²) in [6, 6.07) is 27.2. The van der Waals surface area contributed by atoms with Gasteiger partial charge < -0.3 is 15.2 Å². The molecule has 33 heavy (non-hydrogen) atoms. The van der Waals surface area contributed by atoms with E-state index in [2.05, 4.69) is 16.3 Å². The number of aromatic amines is 1. The number of aromatic nitrogens is 2. The first-order chi connectivity index (χ1) is 16.2. The molecule has 0 fully saturated rings. The Morgan fingerprint density at radius 3 is 2.48 bits per heavy atom. The van der Waals surface area contributed by atoms with E-state index in [4.69, 9.17) is 26.8 Å². The van der Waals surface area contributed by atoms with Gasteiger partial charge in [0.05, 0.1) is 17.2 Å². The van der Waals surface area contributed by atoms with Crippen LogP contribution in [0.3, 0.4) is 0 Å². The van der Waals surface area contributed by atoms with Gasteiger partial charge in [-0.1, -0.05) is 60.1 Å². The van der Waals surface area contributed by atoms with Crippen LogP contribution in [-0.4, -0.2) is 10.2 Å². The van der Waals surface area contributed by atoms with Crippen LogP contribution in [0.25, 0.3) is 11.3 Å². The van der Waals surface area contributed by atoms with Gasteiger partial charge >= 0.3 is 0 Å². The molecule has 5 rings (SSSR count). The summed E-state index contributed by atoms with van der Waals surface area (Å²) < 4.78 is 11.6. The Bertz CT molecular complexity index is 1370. The number of allylic oxidation sites excluding steroid dienone is 1. The maximum atomic E-state index is 9.84. The summed E-state index contributed by atoms with van der Waals surface area (Å²) in [4.78, 5) is 0. The monoisotopic (exact) mass is 454 g/mol. The van der Waals surface area contributed by atoms with Crippen LogP contribution >= 0.6 is 11.6 Å². The molecule has 1 unspecified atom stereocenters. The second-order valence-corrected chi connectivity index (χ2v) is 7.97. The summed E-state index contributed by atoms with van der Waals surface area (Å²) in [6.45, 7) is 0.484. The lowest BCUT2D eigenvalue weighted by Gasteiger charge is -2.24. The lowest BCUT2D eigenvalue weighted by atomic mass is 9.83. The van der Waals surface area contributed by atoms with Crippen molar-refractivity contribution in [3.63, 3.8) is 0 Å². The number of rotatable bonds is 5. The third-order valence-corrected chi connectivity index (χ3v) is 5.89. The molecule has 0 saturated carbocycles. The maximum Gasteiger partial charge on any atom is 0.244 e. The summed E-state index contributed by atoms with van der Waals surface area (Å²) >= 11 is 6.50. The van der Waals surface area contributed by atoms with Gasteiger partial charge in [-0.25, -0.2) is 0 Å². The highest BCUT2D eigenvalue weighted by molar-refractivity contribution is 6.31. The van der Waals surface area contributed by atoms with Crippen LogP contribution in [0.5, 0.6) is 11.6 Å². The molecule has 0 saturated heterocycles. The number of ether oxygens (including phenoxy) is 2. The number of H-pyrrole nitrogens is 1. The molecule has 1 aromatic heterocycles. The molecular weight excluding hydrogens is 436 g/mol. The first kappa shape index (κ1) is 20.7. The van der Waals surface area contributed by atoms with Crippen LogP contribution in [0.2, 0.25) is 5.02 Å². The number of nitrogens with two attached hydrogens (primary N) is 1. The second kappa shape index (κ2) is 8.73. The van der Waals surface area contributed by atoms with Crippen LogP contribution in [0.15, 0.2) is 90.3 Å². The van der Waals surface area contributed by atoms with E-state index in [-0.39, 0.29) is 5.88 Å². The second-order valence-electron chi connectivity index (χ2n) is 7.56. The highest BCUT2D eigenvalue weighted by atomic mass is 35.5. The number of fused-ring (bicyclic) bond motifs is 1. The molecule has 1 atom stereocenters. The number of nitriles is 1. The molecule has 1 aliphatic heterocycles. The van der Waals surface area contributed by atoms with Crippen molar-refractivity contribution >= 4 is 11.6 Å². The molecule has 0 bridgehead atoms. The fraction of sp³-hybridized carbons (Fsp3) is 0.0769. The minimum atomic E-state index is -0.504. The van der Waals surface area contributed by atoms with E-state index in [0.717, 1.165) is 28.1 Å². The fourth-order valence-corrected chi connectivity index (χ4v) is 4.19. The van der Waals surface area contributed by atoms with Gasteiger partial charge in [0.15, 0.2) is 0 Å². The van der Waals surface area contributed by atoms with E-state index in [9.17, 15) is 5.26 Å². The van der Waals surface area contributed by atoms with Crippen molar-refractivity contribution in [1.29, 1.82) is 5.26 Å². The van der Waals surface area contributed by atoms with Crippen LogP contribution in [0.1, 0.15) is 22.6 Å². The Labute approximate surface area is 195 Å². The highest BCUT2D eigenvalue weighted by Gasteiger charge is 2.36. The van der Waals surface area contributed by atoms with Gasteiger partial charge in [-0.15, -0.1) is 5.10 Å². The number of hydrogen-bond donors (Lipinski definition) is 2. The molecule has 7 heteroatoms. The molecule has 1 aliphatic rings. The summed E-state index contributed by atoms with van der Waals surface area (Å²) in [7, 11) is 0. The summed E-state index contributed by atoms with van der Waals surface area (Å²) in [6.07, 6.45) is 0. The molecule has 0 spiro atoms. The smallest absolute Gasteiger partial charge is 0.244 e. The molecule has 3 aromatic carbocycles. The Morgan fingerprint density at radius 1 is 1.03 bits per heavy atom. The number of hydrogen-bond acceptors (Lipinski definition) is 5. The lowest BCUT2D eigenvalue weighted by Crippen LogP contribution is -2.21. The normalized spacial score (nSPS) is 14.8. The zero-order valence-corrected chi connectivity index (χ0v) is 18.2. The molecule has 6 nitrogen and oxygen atoms in total. The topological polar surface area (TPSA) is 97.0 Å². The molecular formula is C26H19ClN4O2. The van der Waals surface area contributed by atoms with E-state index >= 15 is 0 Å². The van der Waals surface area contributed by atoms with Gasteiger partial charge in [0, 0.05) is 10.6 Å². The number of nitrogens with zero attached hydrogens (tertiary/aromatic N) is 2. The van der Waals surface area contributed by atoms with Gasteiger partial charge in [-0.3, -0.25) is 5.10 Å². The molecule has 4 aromatic rings. The lowest BCUT2D eigenvalue weighted by molar-refractivity contribution is 0.306. The maximum absolute atomic E-state index is 9.84. The minimum absolute atomic E-state index is 0.0256. The summed E-state index contributed by atoms with van der Waals surface area (Å²) in [5.74, 6) is 0.598. The third kappa shape index (κ3) is 3.91. The Hall–Kier alpha value is -4.21. The predicted molar refractivity (Wildman–Crippen MR) is 126 cm³/mol. The van der Waals surface area contributed by atoms with Gasteiger partial charge in [0.25, 0.3) is 0 Å². The molecule has 0 aliphatic carbocycles. The van der Waals surface area contributed by atoms with Crippen molar-refractivity contribution < 1.29 is 9.47 Å². The molecule has 2 heterocycles. The van der Waals surface area contributed by atoms with Crippen molar-refractivity contribution in [2.24, 2.45) is 5.73 Å². The van der Waals surface area contributed by atoms with E-state index in [1.807, 2.05) is 72.8 Å². The molecule has 0 amide bonds. The molecule has 3 N–H and O–H groups in total. The first-order valence-electron chi connectivity index (χ1n) is 10.3. The quantitative estimate of drug-likeness (QED) is 0.413. The van der Waals surface area contributed by atoms with Crippen molar-refractivity contribution in [2.75, 3.05) is 0 Å². The van der Waals surface area contributed by atoms with Crippen molar-refractivity contribution in [1.82, 2.24) is 10.2 Å². The summed E-state index contributed by atoms with van der Waals surface area (Å²) in [5.41, 5.74) is 10.5. The van der Waals surface area contributed by atoms with Crippen LogP contribution < -0.4 is 15.2 Å². The molecule has 0 radical (unpaired) electrons. The zero-order chi connectivity index (χ0) is 22.8. The van der Waals surface area contributed by atoms with E-state index in [1.54, 1.807) is 6.07 Å². The van der Waals surface area contributed by atoms with Crippen molar-refractivity contribution in [3.8, 4) is 29.0 Å². The third-order valence-electron chi connectivity index (χ3n) is 5.55. The average Bonchev–Trinajstić information content (AvgIpc) is 3.26. The average molecular weight is 455 g/mol. The van der Waals surface area contributed by atoms with Gasteiger partial charge in [-0.2, -0.15) is 5.26 Å². The number of benzene rings is 3. The van der Waals surface area contributed by atoms with Crippen molar-refractivity contribution in [3.05, 3.63) is 112 Å². The predicted octanol–water partition coefficient (Wildman–Crippen LogP) is 5.53. The minimum Gasteiger partial charge on any atom is -0.489 e. The SMILES string of the molecule is N#CC1=C(N)Oc2n[nH]c(-c3ccc(OCc4ccccc4)cc3)c2C1c1ccccc1Cl. The summed E-state index contributed by atoms with van der Waals surface area (Å²) in [5, 5.41) is 17.7. The van der Waals surface area contributed by atoms with Crippen LogP contribution in [0.4, 0.5) is 0 Å². The number of nitrogens with one attached hydrogen (secondary N) is 1. The zero-order valence-electron chi connectivity index (χ0n) is 17.5. The van der Waals surface area contributed by atoms with E-state index in [1.165, 1.54) is 0 Å². The van der Waals surface area contributed by atoms with E-state index in [0.29, 0.717) is 28.6 Å². The van der Waals surface area contributed by atoms with Crippen LogP contribution in [0, 0.1) is 11.3 Å². The van der Waals surface area contributed by atoms with Gasteiger partial charge in [0.1, 0.15) is 24.0 Å². The van der Waals surface area contributed by atoms with Gasteiger partial charge in [0.2, 0.25) is 11.8 Å².